The molecule has 1 amide bonds. The molecule has 11 heteroatoms. The van der Waals surface area contributed by atoms with Gasteiger partial charge in [-0.15, -0.1) is 0 Å². The van der Waals surface area contributed by atoms with Gasteiger partial charge in [-0.05, 0) is 18.2 Å². The number of aromatic nitrogens is 2. The zero-order valence-electron chi connectivity index (χ0n) is 15.6. The van der Waals surface area contributed by atoms with Crippen LogP contribution in [0.4, 0.5) is 11.4 Å². The number of carbonyl (C=O) groups excluding carboxylic acids is 2. The van der Waals surface area contributed by atoms with E-state index in [1.807, 2.05) is 18.2 Å². The smallest absolute Gasteiger partial charge is 0.363 e. The molecule has 0 atom stereocenters. The van der Waals surface area contributed by atoms with Gasteiger partial charge in [0.05, 0.1) is 34.6 Å². The molecule has 0 aliphatic rings. The number of nitrogens with one attached hydrogen (secondary N) is 1. The SMILES string of the molecule is COc1cn(-c2ccccc2)nc1C(=O)OCC(=O)Nc1ccc([N+](=O)[O-])cc1Cl. The molecule has 0 aliphatic carbocycles. The molecule has 3 rings (SSSR count). The van der Waals surface area contributed by atoms with E-state index < -0.39 is 23.4 Å². The quantitative estimate of drug-likeness (QED) is 0.346. The van der Waals surface area contributed by atoms with E-state index in [9.17, 15) is 19.7 Å². The van der Waals surface area contributed by atoms with Crippen molar-refractivity contribution < 1.29 is 24.0 Å². The first-order valence-corrected chi connectivity index (χ1v) is 8.87. The number of anilines is 1. The summed E-state index contributed by atoms with van der Waals surface area (Å²) in [7, 11) is 1.38. The number of methoxy groups -OCH3 is 1. The van der Waals surface area contributed by atoms with Crippen molar-refractivity contribution in [2.45, 2.75) is 0 Å². The number of para-hydroxylation sites is 1. The lowest BCUT2D eigenvalue weighted by Gasteiger charge is -2.07. The van der Waals surface area contributed by atoms with E-state index in [0.29, 0.717) is 5.69 Å². The predicted octanol–water partition coefficient (Wildman–Crippen LogP) is 3.24. The Morgan fingerprint density at radius 2 is 1.97 bits per heavy atom. The van der Waals surface area contributed by atoms with Crippen LogP contribution in [0.25, 0.3) is 5.69 Å². The van der Waals surface area contributed by atoms with Crippen LogP contribution in [0.1, 0.15) is 10.5 Å². The number of rotatable bonds is 7. The highest BCUT2D eigenvalue weighted by Crippen LogP contribution is 2.26. The Labute approximate surface area is 175 Å². The molecular weight excluding hydrogens is 416 g/mol. The Bertz CT molecular complexity index is 1100. The van der Waals surface area contributed by atoms with Crippen LogP contribution >= 0.6 is 11.6 Å². The normalized spacial score (nSPS) is 10.3. The van der Waals surface area contributed by atoms with E-state index in [-0.39, 0.29) is 27.8 Å². The molecule has 0 radical (unpaired) electrons. The molecular formula is C19H15ClN4O6. The summed E-state index contributed by atoms with van der Waals surface area (Å²) in [5.74, 6) is -1.35. The zero-order valence-corrected chi connectivity index (χ0v) is 16.3. The Morgan fingerprint density at radius 3 is 2.60 bits per heavy atom. The molecule has 0 fully saturated rings. The standard InChI is InChI=1S/C19H15ClN4O6/c1-29-16-10-23(12-5-3-2-4-6-12)22-18(16)19(26)30-11-17(25)21-15-8-7-13(24(27)28)9-14(15)20/h2-10H,11H2,1H3,(H,21,25). The molecule has 154 valence electrons. The molecule has 30 heavy (non-hydrogen) atoms. The van der Waals surface area contributed by atoms with Crippen LogP contribution in [-0.2, 0) is 9.53 Å². The third kappa shape index (κ3) is 4.73. The summed E-state index contributed by atoms with van der Waals surface area (Å²) in [5, 5.41) is 17.3. The van der Waals surface area contributed by atoms with Crippen molar-refractivity contribution in [3.8, 4) is 11.4 Å². The Hall–Kier alpha value is -3.92. The van der Waals surface area contributed by atoms with Crippen molar-refractivity contribution in [3.05, 3.63) is 75.6 Å². The topological polar surface area (TPSA) is 126 Å². The van der Waals surface area contributed by atoms with Crippen molar-refractivity contribution in [1.82, 2.24) is 9.78 Å². The van der Waals surface area contributed by atoms with Gasteiger partial charge in [0.25, 0.3) is 11.6 Å². The van der Waals surface area contributed by atoms with E-state index in [2.05, 4.69) is 10.4 Å². The maximum Gasteiger partial charge on any atom is 0.363 e. The molecule has 0 bridgehead atoms. The molecule has 1 N–H and O–H groups in total. The minimum Gasteiger partial charge on any atom is -0.493 e. The number of halogens is 1. The Balaban J connectivity index is 1.65. The van der Waals surface area contributed by atoms with Gasteiger partial charge in [0.15, 0.2) is 12.4 Å². The molecule has 3 aromatic rings. The van der Waals surface area contributed by atoms with Crippen LogP contribution in [0.2, 0.25) is 5.02 Å². The number of nitro benzene ring substituents is 1. The molecule has 2 aromatic carbocycles. The van der Waals surface area contributed by atoms with Crippen molar-refractivity contribution in [1.29, 1.82) is 0 Å². The van der Waals surface area contributed by atoms with Crippen molar-refractivity contribution >= 4 is 34.9 Å². The highest BCUT2D eigenvalue weighted by Gasteiger charge is 2.21. The van der Waals surface area contributed by atoms with Crippen LogP contribution in [0.3, 0.4) is 0 Å². The highest BCUT2D eigenvalue weighted by atomic mass is 35.5. The third-order valence-corrected chi connectivity index (χ3v) is 4.20. The average molecular weight is 431 g/mol. The molecule has 0 saturated heterocycles. The second-order valence-electron chi connectivity index (χ2n) is 5.87. The van der Waals surface area contributed by atoms with Gasteiger partial charge in [-0.25, -0.2) is 9.48 Å². The van der Waals surface area contributed by atoms with E-state index in [1.54, 1.807) is 12.1 Å². The van der Waals surface area contributed by atoms with Crippen LogP contribution in [0.5, 0.6) is 5.75 Å². The first kappa shape index (κ1) is 20.8. The number of amides is 1. The summed E-state index contributed by atoms with van der Waals surface area (Å²) in [6, 6.07) is 12.6. The van der Waals surface area contributed by atoms with Gasteiger partial charge >= 0.3 is 5.97 Å². The number of carbonyl (C=O) groups is 2. The summed E-state index contributed by atoms with van der Waals surface area (Å²) in [5.41, 5.74) is 0.544. The molecule has 0 spiro atoms. The summed E-state index contributed by atoms with van der Waals surface area (Å²) < 4.78 is 11.6. The Kier molecular flexibility index (Phi) is 6.28. The highest BCUT2D eigenvalue weighted by molar-refractivity contribution is 6.34. The molecule has 1 heterocycles. The lowest BCUT2D eigenvalue weighted by Crippen LogP contribution is -2.21. The first-order valence-electron chi connectivity index (χ1n) is 8.49. The predicted molar refractivity (Wildman–Crippen MR) is 107 cm³/mol. The molecule has 1 aromatic heterocycles. The van der Waals surface area contributed by atoms with Gasteiger partial charge in [-0.1, -0.05) is 29.8 Å². The van der Waals surface area contributed by atoms with E-state index in [4.69, 9.17) is 21.1 Å². The van der Waals surface area contributed by atoms with E-state index >= 15 is 0 Å². The number of esters is 1. The molecule has 0 unspecified atom stereocenters. The summed E-state index contributed by atoms with van der Waals surface area (Å²) in [4.78, 5) is 34.5. The fourth-order valence-electron chi connectivity index (χ4n) is 2.47. The minimum atomic E-state index is -0.855. The molecule has 0 saturated carbocycles. The minimum absolute atomic E-state index is 0.0212. The fraction of sp³-hybridized carbons (Fsp3) is 0.105. The number of hydrogen-bond acceptors (Lipinski definition) is 7. The lowest BCUT2D eigenvalue weighted by atomic mass is 10.3. The van der Waals surface area contributed by atoms with Gasteiger partial charge in [0.1, 0.15) is 0 Å². The van der Waals surface area contributed by atoms with Gasteiger partial charge in [0, 0.05) is 12.1 Å². The molecule has 10 nitrogen and oxygen atoms in total. The van der Waals surface area contributed by atoms with E-state index in [1.165, 1.54) is 30.1 Å². The number of non-ortho nitro benzene ring substituents is 1. The third-order valence-electron chi connectivity index (χ3n) is 3.89. The first-order chi connectivity index (χ1) is 14.4. The van der Waals surface area contributed by atoms with Gasteiger partial charge < -0.3 is 14.8 Å². The number of nitrogens with zero attached hydrogens (tertiary/aromatic N) is 3. The Morgan fingerprint density at radius 1 is 1.23 bits per heavy atom. The summed E-state index contributed by atoms with van der Waals surface area (Å²) in [6.45, 7) is -0.618. The summed E-state index contributed by atoms with van der Waals surface area (Å²) in [6.07, 6.45) is 1.52. The largest absolute Gasteiger partial charge is 0.493 e. The maximum atomic E-state index is 12.4. The van der Waals surface area contributed by atoms with Crippen LogP contribution in [0, 0.1) is 10.1 Å². The van der Waals surface area contributed by atoms with Crippen LogP contribution < -0.4 is 10.1 Å². The number of ether oxygens (including phenoxy) is 2. The number of hydrogen-bond donors (Lipinski definition) is 1. The number of nitro groups is 1. The van der Waals surface area contributed by atoms with Gasteiger partial charge in [-0.2, -0.15) is 5.10 Å². The van der Waals surface area contributed by atoms with Crippen molar-refractivity contribution in [3.63, 3.8) is 0 Å². The maximum absolute atomic E-state index is 12.4. The zero-order chi connectivity index (χ0) is 21.7. The van der Waals surface area contributed by atoms with Gasteiger partial charge in [0.2, 0.25) is 5.69 Å². The van der Waals surface area contributed by atoms with Crippen molar-refractivity contribution in [2.24, 2.45) is 0 Å². The molecule has 0 aliphatic heterocycles. The van der Waals surface area contributed by atoms with Crippen LogP contribution in [0.15, 0.2) is 54.7 Å². The van der Waals surface area contributed by atoms with E-state index in [0.717, 1.165) is 6.07 Å². The second kappa shape index (κ2) is 9.05. The summed E-state index contributed by atoms with van der Waals surface area (Å²) >= 11 is 5.92. The van der Waals surface area contributed by atoms with Crippen LogP contribution in [-0.4, -0.2) is 40.3 Å². The monoisotopic (exact) mass is 430 g/mol. The fourth-order valence-corrected chi connectivity index (χ4v) is 2.69. The lowest BCUT2D eigenvalue weighted by molar-refractivity contribution is -0.384. The van der Waals surface area contributed by atoms with Crippen molar-refractivity contribution in [2.75, 3.05) is 19.0 Å². The average Bonchev–Trinajstić information content (AvgIpc) is 3.18. The number of benzene rings is 2. The second-order valence-corrected chi connectivity index (χ2v) is 6.28. The van der Waals surface area contributed by atoms with Gasteiger partial charge in [-0.3, -0.25) is 14.9 Å².